The molecule has 0 aliphatic carbocycles. The van der Waals surface area contributed by atoms with E-state index in [0.717, 1.165) is 25.0 Å². The summed E-state index contributed by atoms with van der Waals surface area (Å²) in [5, 5.41) is 0. The molecule has 0 radical (unpaired) electrons. The Bertz CT molecular complexity index is 860. The van der Waals surface area contributed by atoms with Crippen molar-refractivity contribution in [3.63, 3.8) is 0 Å². The molecule has 33 heavy (non-hydrogen) atoms. The van der Waals surface area contributed by atoms with Crippen LogP contribution in [0.4, 0.5) is 0 Å². The van der Waals surface area contributed by atoms with Gasteiger partial charge in [-0.2, -0.15) is 0 Å². The smallest absolute Gasteiger partial charge is 0.254 e. The minimum absolute atomic E-state index is 0.0370. The summed E-state index contributed by atoms with van der Waals surface area (Å²) >= 11 is 0. The molecule has 0 aliphatic rings. The highest BCUT2D eigenvalue weighted by Gasteiger charge is 2.26. The Morgan fingerprint density at radius 2 is 1.82 bits per heavy atom. The predicted octanol–water partition coefficient (Wildman–Crippen LogP) is 4.67. The zero-order chi connectivity index (χ0) is 24.2. The third-order valence-corrected chi connectivity index (χ3v) is 6.28. The molecule has 6 nitrogen and oxygen atoms in total. The van der Waals surface area contributed by atoms with E-state index in [-0.39, 0.29) is 24.4 Å². The molecule has 0 bridgehead atoms. The molecule has 182 valence electrons. The predicted molar refractivity (Wildman–Crippen MR) is 133 cm³/mol. The van der Waals surface area contributed by atoms with Crippen LogP contribution in [0.2, 0.25) is 0 Å². The van der Waals surface area contributed by atoms with Crippen LogP contribution in [-0.4, -0.2) is 59.0 Å². The highest BCUT2D eigenvalue weighted by Crippen LogP contribution is 2.15. The van der Waals surface area contributed by atoms with Crippen molar-refractivity contribution in [3.05, 3.63) is 59.4 Å². The minimum atomic E-state index is -0.0941. The van der Waals surface area contributed by atoms with E-state index in [1.54, 1.807) is 16.9 Å². The molecule has 2 aromatic rings. The van der Waals surface area contributed by atoms with Gasteiger partial charge >= 0.3 is 0 Å². The number of amides is 2. The van der Waals surface area contributed by atoms with E-state index in [9.17, 15) is 9.59 Å². The summed E-state index contributed by atoms with van der Waals surface area (Å²) in [5.41, 5.74) is 2.92. The molecule has 0 saturated heterocycles. The number of benzene rings is 1. The van der Waals surface area contributed by atoms with Gasteiger partial charge < -0.3 is 19.1 Å². The zero-order valence-electron chi connectivity index (χ0n) is 21.0. The molecule has 0 spiro atoms. The average Bonchev–Trinajstić information content (AvgIpc) is 3.23. The van der Waals surface area contributed by atoms with Crippen molar-refractivity contribution in [2.24, 2.45) is 7.05 Å². The number of hydrogen-bond donors (Lipinski definition) is 0. The SMILES string of the molecule is CCCCCc1ccc(C(=O)N(CC(=O)N(CCOC)Cc2cccn2C)C(C)CC)cc1. The molecule has 6 heteroatoms. The van der Waals surface area contributed by atoms with Gasteiger partial charge in [0.05, 0.1) is 13.2 Å². The molecule has 1 aromatic heterocycles. The Morgan fingerprint density at radius 1 is 1.09 bits per heavy atom. The summed E-state index contributed by atoms with van der Waals surface area (Å²) in [7, 11) is 3.60. The Morgan fingerprint density at radius 3 is 2.39 bits per heavy atom. The quantitative estimate of drug-likeness (QED) is 0.389. The van der Waals surface area contributed by atoms with Crippen LogP contribution in [0.25, 0.3) is 0 Å². The Balaban J connectivity index is 2.14. The van der Waals surface area contributed by atoms with Crippen molar-refractivity contribution in [2.75, 3.05) is 26.8 Å². The monoisotopic (exact) mass is 455 g/mol. The van der Waals surface area contributed by atoms with Gasteiger partial charge in [0.2, 0.25) is 5.91 Å². The average molecular weight is 456 g/mol. The molecule has 0 saturated carbocycles. The number of unbranched alkanes of at least 4 members (excludes halogenated alkanes) is 2. The van der Waals surface area contributed by atoms with Crippen LogP contribution in [0.3, 0.4) is 0 Å². The van der Waals surface area contributed by atoms with Crippen LogP contribution in [-0.2, 0) is 29.5 Å². The highest BCUT2D eigenvalue weighted by atomic mass is 16.5. The van der Waals surface area contributed by atoms with Crippen LogP contribution >= 0.6 is 0 Å². The van der Waals surface area contributed by atoms with E-state index >= 15 is 0 Å². The van der Waals surface area contributed by atoms with Crippen LogP contribution < -0.4 is 0 Å². The summed E-state index contributed by atoms with van der Waals surface area (Å²) in [4.78, 5) is 30.2. The van der Waals surface area contributed by atoms with Gasteiger partial charge in [0.1, 0.15) is 6.54 Å². The van der Waals surface area contributed by atoms with Gasteiger partial charge in [-0.1, -0.05) is 38.8 Å². The Hall–Kier alpha value is -2.60. The first-order chi connectivity index (χ1) is 15.9. The maximum absolute atomic E-state index is 13.4. The van der Waals surface area contributed by atoms with E-state index in [1.165, 1.54) is 18.4 Å². The second-order valence-electron chi connectivity index (χ2n) is 8.76. The van der Waals surface area contributed by atoms with E-state index in [1.807, 2.05) is 68.1 Å². The standard InChI is InChI=1S/C27H41N3O3/c1-6-8-9-11-23-13-15-24(16-14-23)27(32)30(22(3)7-2)21-26(31)29(18-19-33-5)20-25-12-10-17-28(25)4/h10,12-17,22H,6-9,11,18-21H2,1-5H3. The first kappa shape index (κ1) is 26.7. The van der Waals surface area contributed by atoms with E-state index in [0.29, 0.717) is 25.3 Å². The van der Waals surface area contributed by atoms with Crippen molar-refractivity contribution in [2.45, 2.75) is 65.5 Å². The lowest BCUT2D eigenvalue weighted by atomic mass is 10.0. The Kier molecular flexibility index (Phi) is 11.2. The van der Waals surface area contributed by atoms with Crippen molar-refractivity contribution in [3.8, 4) is 0 Å². The number of rotatable bonds is 14. The van der Waals surface area contributed by atoms with Gasteiger partial charge in [-0.05, 0) is 56.0 Å². The lowest BCUT2D eigenvalue weighted by molar-refractivity contribution is -0.133. The molecule has 0 aliphatic heterocycles. The number of methoxy groups -OCH3 is 1. The summed E-state index contributed by atoms with van der Waals surface area (Å²) in [6.07, 6.45) is 7.35. The number of carbonyl (C=O) groups excluding carboxylic acids is 2. The highest BCUT2D eigenvalue weighted by molar-refractivity contribution is 5.96. The summed E-state index contributed by atoms with van der Waals surface area (Å²) in [5.74, 6) is -0.165. The summed E-state index contributed by atoms with van der Waals surface area (Å²) in [6.45, 7) is 7.71. The fourth-order valence-corrected chi connectivity index (χ4v) is 3.80. The first-order valence-corrected chi connectivity index (χ1v) is 12.2. The number of aromatic nitrogens is 1. The number of nitrogens with zero attached hydrogens (tertiary/aromatic N) is 3. The summed E-state index contributed by atoms with van der Waals surface area (Å²) < 4.78 is 7.23. The van der Waals surface area contributed by atoms with Gasteiger partial charge in [0.15, 0.2) is 0 Å². The van der Waals surface area contributed by atoms with Crippen molar-refractivity contribution in [1.29, 1.82) is 0 Å². The lowest BCUT2D eigenvalue weighted by Crippen LogP contribution is -2.47. The van der Waals surface area contributed by atoms with Crippen molar-refractivity contribution < 1.29 is 14.3 Å². The van der Waals surface area contributed by atoms with Crippen molar-refractivity contribution in [1.82, 2.24) is 14.4 Å². The fraction of sp³-hybridized carbons (Fsp3) is 0.556. The molecule has 1 unspecified atom stereocenters. The molecule has 2 rings (SSSR count). The van der Waals surface area contributed by atoms with Gasteiger partial charge in [0, 0.05) is 44.2 Å². The molecule has 0 N–H and O–H groups in total. The minimum Gasteiger partial charge on any atom is -0.383 e. The van der Waals surface area contributed by atoms with Crippen LogP contribution in [0, 0.1) is 0 Å². The lowest BCUT2D eigenvalue weighted by Gasteiger charge is -2.31. The molecular formula is C27H41N3O3. The number of hydrogen-bond acceptors (Lipinski definition) is 3. The second kappa shape index (κ2) is 13.8. The largest absolute Gasteiger partial charge is 0.383 e. The summed E-state index contributed by atoms with van der Waals surface area (Å²) in [6, 6.07) is 11.8. The van der Waals surface area contributed by atoms with Gasteiger partial charge in [-0.3, -0.25) is 9.59 Å². The normalized spacial score (nSPS) is 11.9. The third-order valence-electron chi connectivity index (χ3n) is 6.28. The van der Waals surface area contributed by atoms with E-state index in [4.69, 9.17) is 4.74 Å². The Labute approximate surface area is 199 Å². The van der Waals surface area contributed by atoms with Gasteiger partial charge in [-0.25, -0.2) is 0 Å². The zero-order valence-corrected chi connectivity index (χ0v) is 21.0. The second-order valence-corrected chi connectivity index (χ2v) is 8.76. The van der Waals surface area contributed by atoms with Crippen LogP contribution in [0.5, 0.6) is 0 Å². The molecular weight excluding hydrogens is 414 g/mol. The number of carbonyl (C=O) groups is 2. The van der Waals surface area contributed by atoms with Gasteiger partial charge in [0.25, 0.3) is 5.91 Å². The first-order valence-electron chi connectivity index (χ1n) is 12.2. The van der Waals surface area contributed by atoms with E-state index in [2.05, 4.69) is 6.92 Å². The molecule has 1 heterocycles. The van der Waals surface area contributed by atoms with Gasteiger partial charge in [-0.15, -0.1) is 0 Å². The topological polar surface area (TPSA) is 54.8 Å². The molecule has 0 fully saturated rings. The third kappa shape index (κ3) is 8.04. The molecule has 1 atom stereocenters. The van der Waals surface area contributed by atoms with Crippen LogP contribution in [0.15, 0.2) is 42.6 Å². The molecule has 2 amide bonds. The molecule has 1 aromatic carbocycles. The maximum Gasteiger partial charge on any atom is 0.254 e. The number of ether oxygens (including phenoxy) is 1. The maximum atomic E-state index is 13.4. The number of aryl methyl sites for hydroxylation is 2. The fourth-order valence-electron chi connectivity index (χ4n) is 3.80. The van der Waals surface area contributed by atoms with Crippen molar-refractivity contribution >= 4 is 11.8 Å². The van der Waals surface area contributed by atoms with Crippen LogP contribution in [0.1, 0.15) is 68.1 Å². The van der Waals surface area contributed by atoms with E-state index < -0.39 is 0 Å².